The lowest BCUT2D eigenvalue weighted by molar-refractivity contribution is 0.0949. The van der Waals surface area contributed by atoms with Crippen molar-refractivity contribution in [3.8, 4) is 11.1 Å². The Morgan fingerprint density at radius 1 is 1.19 bits per heavy atom. The molecule has 1 aliphatic carbocycles. The normalized spacial score (nSPS) is 13.6. The maximum atomic E-state index is 12.3. The van der Waals surface area contributed by atoms with E-state index >= 15 is 0 Å². The van der Waals surface area contributed by atoms with Crippen LogP contribution < -0.4 is 5.73 Å². The van der Waals surface area contributed by atoms with Gasteiger partial charge in [0.05, 0.1) is 6.61 Å². The molecular weight excluding hydrogens is 262 g/mol. The summed E-state index contributed by atoms with van der Waals surface area (Å²) in [6.45, 7) is 0.405. The molecule has 3 rings (SSSR count). The molecule has 1 unspecified atom stereocenters. The Kier molecular flexibility index (Phi) is 3.86. The number of carbonyl (C=O) groups excluding carboxylic acids is 1. The fraction of sp³-hybridized carbons (Fsp3) is 0.278. The van der Waals surface area contributed by atoms with Crippen molar-refractivity contribution >= 4 is 5.78 Å². The predicted octanol–water partition coefficient (Wildman–Crippen LogP) is 2.80. The second-order valence-corrected chi connectivity index (χ2v) is 5.55. The summed E-state index contributed by atoms with van der Waals surface area (Å²) in [5.74, 6) is 0.0818. The largest absolute Gasteiger partial charge is 0.383 e. The lowest BCUT2D eigenvalue weighted by Crippen LogP contribution is -2.28. The minimum atomic E-state index is -0.243. The Balaban J connectivity index is 1.82. The fourth-order valence-electron chi connectivity index (χ4n) is 2.95. The highest BCUT2D eigenvalue weighted by molar-refractivity contribution is 5.97. The van der Waals surface area contributed by atoms with Crippen LogP contribution >= 0.6 is 0 Å². The second kappa shape index (κ2) is 5.80. The number of carbonyl (C=O) groups is 1. The van der Waals surface area contributed by atoms with Crippen molar-refractivity contribution < 1.29 is 9.53 Å². The van der Waals surface area contributed by atoms with Gasteiger partial charge in [0.15, 0.2) is 5.78 Å². The molecule has 0 radical (unpaired) electrons. The van der Waals surface area contributed by atoms with Crippen LogP contribution in [0.1, 0.15) is 27.9 Å². The van der Waals surface area contributed by atoms with Crippen LogP contribution in [-0.4, -0.2) is 25.5 Å². The van der Waals surface area contributed by atoms with Crippen LogP contribution in [0.5, 0.6) is 0 Å². The zero-order valence-electron chi connectivity index (χ0n) is 12.1. The molecule has 21 heavy (non-hydrogen) atoms. The van der Waals surface area contributed by atoms with E-state index in [-0.39, 0.29) is 11.8 Å². The molecule has 1 aliphatic rings. The number of rotatable bonds is 5. The molecule has 0 amide bonds. The Bertz CT molecular complexity index is 679. The van der Waals surface area contributed by atoms with Crippen molar-refractivity contribution in [1.82, 2.24) is 0 Å². The summed E-state index contributed by atoms with van der Waals surface area (Å²) in [6.07, 6.45) is 1.22. The third-order valence-electron chi connectivity index (χ3n) is 3.94. The number of hydrogen-bond acceptors (Lipinski definition) is 3. The highest BCUT2D eigenvalue weighted by Crippen LogP contribution is 2.36. The smallest absolute Gasteiger partial charge is 0.164 e. The van der Waals surface area contributed by atoms with Crippen LogP contribution in [0.3, 0.4) is 0 Å². The summed E-state index contributed by atoms with van der Waals surface area (Å²) in [5.41, 5.74) is 11.7. The van der Waals surface area contributed by atoms with Crippen LogP contribution in [0.25, 0.3) is 11.1 Å². The minimum Gasteiger partial charge on any atom is -0.383 e. The molecule has 3 heteroatoms. The number of benzene rings is 2. The first kappa shape index (κ1) is 14.0. The van der Waals surface area contributed by atoms with E-state index in [0.29, 0.717) is 13.0 Å². The quantitative estimate of drug-likeness (QED) is 0.732. The standard InChI is InChI=1S/C18H19NO2/c1-21-11-15(19)10-18(20)13-6-7-17-14(9-13)8-12-4-2-3-5-16(12)17/h2-7,9,15H,8,10-11,19H2,1H3. The molecule has 0 saturated heterocycles. The van der Waals surface area contributed by atoms with Gasteiger partial charge >= 0.3 is 0 Å². The summed E-state index contributed by atoms with van der Waals surface area (Å²) in [7, 11) is 1.59. The van der Waals surface area contributed by atoms with E-state index in [0.717, 1.165) is 12.0 Å². The molecule has 0 aliphatic heterocycles. The van der Waals surface area contributed by atoms with Gasteiger partial charge in [-0.1, -0.05) is 36.4 Å². The summed E-state index contributed by atoms with van der Waals surface area (Å²) in [6, 6.07) is 14.1. The van der Waals surface area contributed by atoms with Crippen molar-refractivity contribution in [2.45, 2.75) is 18.9 Å². The maximum Gasteiger partial charge on any atom is 0.164 e. The van der Waals surface area contributed by atoms with E-state index in [1.165, 1.54) is 22.3 Å². The molecule has 0 bridgehead atoms. The van der Waals surface area contributed by atoms with Crippen molar-refractivity contribution in [2.75, 3.05) is 13.7 Å². The molecule has 0 spiro atoms. The van der Waals surface area contributed by atoms with Crippen molar-refractivity contribution in [3.05, 3.63) is 59.2 Å². The highest BCUT2D eigenvalue weighted by Gasteiger charge is 2.20. The first-order valence-corrected chi connectivity index (χ1v) is 7.18. The van der Waals surface area contributed by atoms with E-state index in [2.05, 4.69) is 30.3 Å². The van der Waals surface area contributed by atoms with E-state index in [4.69, 9.17) is 10.5 Å². The van der Waals surface area contributed by atoms with E-state index in [9.17, 15) is 4.79 Å². The van der Waals surface area contributed by atoms with Crippen LogP contribution in [-0.2, 0) is 11.2 Å². The molecule has 1 atom stereocenters. The van der Waals surface area contributed by atoms with Crippen LogP contribution in [0.2, 0.25) is 0 Å². The summed E-state index contributed by atoms with van der Waals surface area (Å²) >= 11 is 0. The Morgan fingerprint density at radius 2 is 1.95 bits per heavy atom. The first-order chi connectivity index (χ1) is 10.2. The molecule has 0 saturated carbocycles. The number of methoxy groups -OCH3 is 1. The zero-order chi connectivity index (χ0) is 14.8. The molecule has 108 valence electrons. The van der Waals surface area contributed by atoms with E-state index < -0.39 is 0 Å². The molecule has 0 fully saturated rings. The van der Waals surface area contributed by atoms with Gasteiger partial charge in [-0.25, -0.2) is 0 Å². The topological polar surface area (TPSA) is 52.3 Å². The Morgan fingerprint density at radius 3 is 2.76 bits per heavy atom. The Hall–Kier alpha value is -1.97. The molecule has 0 heterocycles. The number of fused-ring (bicyclic) bond motifs is 3. The summed E-state index contributed by atoms with van der Waals surface area (Å²) in [5, 5.41) is 0. The lowest BCUT2D eigenvalue weighted by atomic mass is 9.99. The van der Waals surface area contributed by atoms with Crippen molar-refractivity contribution in [2.24, 2.45) is 5.73 Å². The fourth-order valence-corrected chi connectivity index (χ4v) is 2.95. The van der Waals surface area contributed by atoms with Gasteiger partial charge in [-0.3, -0.25) is 4.79 Å². The molecule has 0 aromatic heterocycles. The third-order valence-corrected chi connectivity index (χ3v) is 3.94. The summed E-state index contributed by atoms with van der Waals surface area (Å²) < 4.78 is 4.98. The van der Waals surface area contributed by atoms with Gasteiger partial charge in [0.2, 0.25) is 0 Å². The van der Waals surface area contributed by atoms with Gasteiger partial charge in [-0.2, -0.15) is 0 Å². The first-order valence-electron chi connectivity index (χ1n) is 7.18. The van der Waals surface area contributed by atoms with Gasteiger partial charge in [0.25, 0.3) is 0 Å². The van der Waals surface area contributed by atoms with Crippen LogP contribution in [0.15, 0.2) is 42.5 Å². The van der Waals surface area contributed by atoms with Gasteiger partial charge in [0, 0.05) is 25.1 Å². The second-order valence-electron chi connectivity index (χ2n) is 5.55. The van der Waals surface area contributed by atoms with Crippen molar-refractivity contribution in [3.63, 3.8) is 0 Å². The number of nitrogens with two attached hydrogens (primary N) is 1. The maximum absolute atomic E-state index is 12.3. The van der Waals surface area contributed by atoms with Gasteiger partial charge in [0.1, 0.15) is 0 Å². The lowest BCUT2D eigenvalue weighted by Gasteiger charge is -2.10. The van der Waals surface area contributed by atoms with E-state index in [1.807, 2.05) is 12.1 Å². The average molecular weight is 281 g/mol. The van der Waals surface area contributed by atoms with E-state index in [1.54, 1.807) is 7.11 Å². The minimum absolute atomic E-state index is 0.0818. The zero-order valence-corrected chi connectivity index (χ0v) is 12.1. The number of Topliss-reactive ketones (excluding diaryl/α,β-unsaturated/α-hetero) is 1. The predicted molar refractivity (Wildman–Crippen MR) is 83.5 cm³/mol. The molecule has 2 aromatic rings. The monoisotopic (exact) mass is 281 g/mol. The summed E-state index contributed by atoms with van der Waals surface area (Å²) in [4.78, 5) is 12.3. The van der Waals surface area contributed by atoms with Crippen molar-refractivity contribution in [1.29, 1.82) is 0 Å². The van der Waals surface area contributed by atoms with Gasteiger partial charge in [-0.05, 0) is 34.7 Å². The number of hydrogen-bond donors (Lipinski definition) is 1. The molecule has 2 N–H and O–H groups in total. The molecule has 3 nitrogen and oxygen atoms in total. The SMILES string of the molecule is COCC(N)CC(=O)c1ccc2c(c1)Cc1ccccc1-2. The van der Waals surface area contributed by atoms with Gasteiger partial charge < -0.3 is 10.5 Å². The van der Waals surface area contributed by atoms with Crippen LogP contribution in [0.4, 0.5) is 0 Å². The highest BCUT2D eigenvalue weighted by atomic mass is 16.5. The molecular formula is C18H19NO2. The van der Waals surface area contributed by atoms with Gasteiger partial charge in [-0.15, -0.1) is 0 Å². The number of ketones is 1. The third kappa shape index (κ3) is 2.75. The molecule has 2 aromatic carbocycles. The average Bonchev–Trinajstić information content (AvgIpc) is 2.85. The number of ether oxygens (including phenoxy) is 1. The van der Waals surface area contributed by atoms with Crippen LogP contribution in [0, 0.1) is 0 Å². The Labute approximate surface area is 124 Å².